The van der Waals surface area contributed by atoms with Crippen LogP contribution in [0.2, 0.25) is 0 Å². The summed E-state index contributed by atoms with van der Waals surface area (Å²) in [4.78, 5) is 10.6. The molecule has 20 heavy (non-hydrogen) atoms. The molecule has 2 rings (SSSR count). The standard InChI is InChI=1S/C14H11BrClNO3/c1-9-6-11(15)7-13(17(18)19)14(9)20-12-4-2-10(8-16)3-5-12/h2-7H,8H2,1H3. The van der Waals surface area contributed by atoms with Crippen molar-refractivity contribution in [3.05, 3.63) is 62.1 Å². The van der Waals surface area contributed by atoms with Crippen LogP contribution in [0.15, 0.2) is 40.9 Å². The zero-order chi connectivity index (χ0) is 14.7. The smallest absolute Gasteiger partial charge is 0.312 e. The van der Waals surface area contributed by atoms with Gasteiger partial charge in [0, 0.05) is 16.4 Å². The molecule has 0 saturated carbocycles. The van der Waals surface area contributed by atoms with Crippen molar-refractivity contribution in [3.63, 3.8) is 0 Å². The minimum atomic E-state index is -0.458. The highest BCUT2D eigenvalue weighted by Crippen LogP contribution is 2.37. The van der Waals surface area contributed by atoms with Gasteiger partial charge in [0.05, 0.1) is 4.92 Å². The first kappa shape index (κ1) is 14.8. The third-order valence-corrected chi connectivity index (χ3v) is 3.48. The Hall–Kier alpha value is -1.59. The van der Waals surface area contributed by atoms with Crippen LogP contribution in [0.25, 0.3) is 0 Å². The van der Waals surface area contributed by atoms with Crippen LogP contribution in [-0.4, -0.2) is 4.92 Å². The van der Waals surface area contributed by atoms with Gasteiger partial charge in [0.1, 0.15) is 5.75 Å². The number of hydrogen-bond acceptors (Lipinski definition) is 3. The highest BCUT2D eigenvalue weighted by Gasteiger charge is 2.19. The molecule has 0 fully saturated rings. The Bertz CT molecular complexity index is 644. The van der Waals surface area contributed by atoms with E-state index in [1.807, 2.05) is 12.1 Å². The Morgan fingerprint density at radius 2 is 1.95 bits per heavy atom. The first-order valence-electron chi connectivity index (χ1n) is 5.78. The molecule has 0 heterocycles. The van der Waals surface area contributed by atoms with Crippen molar-refractivity contribution >= 4 is 33.2 Å². The van der Waals surface area contributed by atoms with Crippen molar-refractivity contribution in [2.45, 2.75) is 12.8 Å². The third-order valence-electron chi connectivity index (χ3n) is 2.71. The van der Waals surface area contributed by atoms with E-state index in [0.717, 1.165) is 5.56 Å². The molecule has 0 aromatic heterocycles. The number of benzene rings is 2. The Morgan fingerprint density at radius 1 is 1.30 bits per heavy atom. The van der Waals surface area contributed by atoms with Crippen molar-refractivity contribution in [1.82, 2.24) is 0 Å². The van der Waals surface area contributed by atoms with Crippen LogP contribution < -0.4 is 4.74 Å². The Balaban J connectivity index is 2.39. The summed E-state index contributed by atoms with van der Waals surface area (Å²) in [6, 6.07) is 10.3. The summed E-state index contributed by atoms with van der Waals surface area (Å²) in [6.07, 6.45) is 0. The van der Waals surface area contributed by atoms with Crippen molar-refractivity contribution in [1.29, 1.82) is 0 Å². The van der Waals surface area contributed by atoms with Crippen LogP contribution in [0.5, 0.6) is 11.5 Å². The van der Waals surface area contributed by atoms with Gasteiger partial charge >= 0.3 is 5.69 Å². The van der Waals surface area contributed by atoms with E-state index in [2.05, 4.69) is 15.9 Å². The summed E-state index contributed by atoms with van der Waals surface area (Å²) in [5.74, 6) is 1.20. The van der Waals surface area contributed by atoms with Crippen LogP contribution in [0, 0.1) is 17.0 Å². The number of alkyl halides is 1. The van der Waals surface area contributed by atoms with E-state index in [9.17, 15) is 10.1 Å². The second kappa shape index (κ2) is 6.24. The van der Waals surface area contributed by atoms with Crippen molar-refractivity contribution in [2.75, 3.05) is 0 Å². The number of nitro benzene ring substituents is 1. The summed E-state index contributed by atoms with van der Waals surface area (Å²) < 4.78 is 6.30. The van der Waals surface area contributed by atoms with E-state index in [0.29, 0.717) is 21.7 Å². The fourth-order valence-electron chi connectivity index (χ4n) is 1.75. The molecule has 6 heteroatoms. The number of aryl methyl sites for hydroxylation is 1. The first-order valence-corrected chi connectivity index (χ1v) is 7.11. The lowest BCUT2D eigenvalue weighted by atomic mass is 10.2. The van der Waals surface area contributed by atoms with Gasteiger partial charge in [-0.1, -0.05) is 28.1 Å². The van der Waals surface area contributed by atoms with Crippen LogP contribution in [0.3, 0.4) is 0 Å². The normalized spacial score (nSPS) is 10.3. The molecule has 104 valence electrons. The van der Waals surface area contributed by atoms with Crippen molar-refractivity contribution < 1.29 is 9.66 Å². The van der Waals surface area contributed by atoms with Crippen molar-refractivity contribution in [2.24, 2.45) is 0 Å². The number of ether oxygens (including phenoxy) is 1. The summed E-state index contributed by atoms with van der Waals surface area (Å²) in [5.41, 5.74) is 1.58. The molecule has 0 spiro atoms. The monoisotopic (exact) mass is 355 g/mol. The lowest BCUT2D eigenvalue weighted by molar-refractivity contribution is -0.385. The van der Waals surface area contributed by atoms with Gasteiger partial charge in [0.25, 0.3) is 0 Å². The maximum atomic E-state index is 11.1. The highest BCUT2D eigenvalue weighted by molar-refractivity contribution is 9.10. The molecular weight excluding hydrogens is 346 g/mol. The van der Waals surface area contributed by atoms with E-state index >= 15 is 0 Å². The molecule has 0 atom stereocenters. The third kappa shape index (κ3) is 3.29. The Morgan fingerprint density at radius 3 is 2.50 bits per heavy atom. The van der Waals surface area contributed by atoms with Gasteiger partial charge in [-0.2, -0.15) is 0 Å². The van der Waals surface area contributed by atoms with Crippen LogP contribution >= 0.6 is 27.5 Å². The van der Waals surface area contributed by atoms with Gasteiger partial charge in [-0.25, -0.2) is 0 Å². The van der Waals surface area contributed by atoms with Gasteiger partial charge in [-0.05, 0) is 36.2 Å². The molecule has 0 bridgehead atoms. The highest BCUT2D eigenvalue weighted by atomic mass is 79.9. The zero-order valence-corrected chi connectivity index (χ0v) is 12.9. The van der Waals surface area contributed by atoms with Gasteiger partial charge in [0.15, 0.2) is 0 Å². The lowest BCUT2D eigenvalue weighted by Gasteiger charge is -2.10. The molecule has 2 aromatic carbocycles. The van der Waals surface area contributed by atoms with Crippen LogP contribution in [0.4, 0.5) is 5.69 Å². The van der Waals surface area contributed by atoms with Gasteiger partial charge in [-0.15, -0.1) is 11.6 Å². The number of rotatable bonds is 4. The molecule has 0 aliphatic rings. The molecule has 0 N–H and O–H groups in total. The summed E-state index contributed by atoms with van der Waals surface area (Å²) in [5, 5.41) is 11.1. The molecular formula is C14H11BrClNO3. The number of hydrogen-bond donors (Lipinski definition) is 0. The minimum Gasteiger partial charge on any atom is -0.450 e. The molecule has 0 radical (unpaired) electrons. The average Bonchev–Trinajstić information content (AvgIpc) is 2.42. The van der Waals surface area contributed by atoms with Gasteiger partial charge in [0.2, 0.25) is 5.75 Å². The average molecular weight is 357 g/mol. The van der Waals surface area contributed by atoms with E-state index in [1.165, 1.54) is 6.07 Å². The molecule has 0 saturated heterocycles. The number of nitrogens with zero attached hydrogens (tertiary/aromatic N) is 1. The predicted molar refractivity (Wildman–Crippen MR) is 81.6 cm³/mol. The van der Waals surface area contributed by atoms with E-state index in [1.54, 1.807) is 25.1 Å². The fourth-order valence-corrected chi connectivity index (χ4v) is 2.48. The number of nitro groups is 1. The SMILES string of the molecule is Cc1cc(Br)cc([N+](=O)[O-])c1Oc1ccc(CCl)cc1. The summed E-state index contributed by atoms with van der Waals surface area (Å²) >= 11 is 8.96. The zero-order valence-electron chi connectivity index (χ0n) is 10.6. The second-order valence-electron chi connectivity index (χ2n) is 4.21. The van der Waals surface area contributed by atoms with Gasteiger partial charge < -0.3 is 4.74 Å². The van der Waals surface area contributed by atoms with Crippen LogP contribution in [-0.2, 0) is 5.88 Å². The maximum Gasteiger partial charge on any atom is 0.312 e. The predicted octanol–water partition coefficient (Wildman–Crippen LogP) is 5.20. The van der Waals surface area contributed by atoms with Crippen molar-refractivity contribution in [3.8, 4) is 11.5 Å². The largest absolute Gasteiger partial charge is 0.450 e. The maximum absolute atomic E-state index is 11.1. The van der Waals surface area contributed by atoms with E-state index in [-0.39, 0.29) is 11.4 Å². The van der Waals surface area contributed by atoms with E-state index < -0.39 is 4.92 Å². The summed E-state index contributed by atoms with van der Waals surface area (Å²) in [6.45, 7) is 1.76. The first-order chi connectivity index (χ1) is 9.51. The molecule has 0 aliphatic carbocycles. The fraction of sp³-hybridized carbons (Fsp3) is 0.143. The molecule has 2 aromatic rings. The topological polar surface area (TPSA) is 52.4 Å². The lowest BCUT2D eigenvalue weighted by Crippen LogP contribution is -1.96. The quantitative estimate of drug-likeness (QED) is 0.430. The minimum absolute atomic E-state index is 0.0710. The van der Waals surface area contributed by atoms with Gasteiger partial charge in [-0.3, -0.25) is 10.1 Å². The molecule has 4 nitrogen and oxygen atoms in total. The second-order valence-corrected chi connectivity index (χ2v) is 5.39. The van der Waals surface area contributed by atoms with E-state index in [4.69, 9.17) is 16.3 Å². The van der Waals surface area contributed by atoms with Crippen LogP contribution in [0.1, 0.15) is 11.1 Å². The Kier molecular flexibility index (Phi) is 4.62. The summed E-state index contributed by atoms with van der Waals surface area (Å²) in [7, 11) is 0. The molecule has 0 amide bonds. The Labute approximate surface area is 129 Å². The molecule has 0 unspecified atom stereocenters. The molecule has 0 aliphatic heterocycles. The number of halogens is 2.